The molecule has 1 aliphatic carbocycles. The van der Waals surface area contributed by atoms with E-state index in [4.69, 9.17) is 9.47 Å². The second kappa shape index (κ2) is 8.98. The van der Waals surface area contributed by atoms with Gasteiger partial charge in [-0.2, -0.15) is 0 Å². The molecule has 22 heavy (non-hydrogen) atoms. The second-order valence-corrected chi connectivity index (χ2v) is 6.01. The van der Waals surface area contributed by atoms with E-state index in [9.17, 15) is 4.79 Å². The van der Waals surface area contributed by atoms with Gasteiger partial charge < -0.3 is 19.7 Å². The molecule has 1 saturated heterocycles. The van der Waals surface area contributed by atoms with Crippen molar-refractivity contribution in [3.05, 3.63) is 0 Å². The summed E-state index contributed by atoms with van der Waals surface area (Å²) in [5, 5.41) is 3.34. The summed E-state index contributed by atoms with van der Waals surface area (Å²) < 4.78 is 10.7. The van der Waals surface area contributed by atoms with E-state index in [0.29, 0.717) is 6.61 Å². The lowest BCUT2D eigenvalue weighted by atomic mass is 9.97. The topological polar surface area (TPSA) is 63.2 Å². The lowest BCUT2D eigenvalue weighted by Crippen LogP contribution is -2.47. The van der Waals surface area contributed by atoms with Gasteiger partial charge in [0.25, 0.3) is 0 Å². The predicted octanol–water partition coefficient (Wildman–Crippen LogP) is 1.26. The Hall–Kier alpha value is -1.30. The monoisotopic (exact) mass is 311 g/mol. The van der Waals surface area contributed by atoms with Crippen LogP contribution in [0, 0.1) is 11.8 Å². The third kappa shape index (κ3) is 5.48. The van der Waals surface area contributed by atoms with Crippen molar-refractivity contribution in [2.24, 2.45) is 16.8 Å². The minimum atomic E-state index is -0.0569. The van der Waals surface area contributed by atoms with E-state index >= 15 is 0 Å². The summed E-state index contributed by atoms with van der Waals surface area (Å²) in [5.74, 6) is 1.69. The molecule has 1 N–H and O–H groups in total. The Kier molecular flexibility index (Phi) is 6.96. The normalized spacial score (nSPS) is 20.1. The molecule has 6 heteroatoms. The Balaban J connectivity index is 1.63. The molecule has 0 unspecified atom stereocenters. The SMILES string of the molecule is CCOC(=O)C1CCN(C(=NC)NCCOCC2CC2)CC1. The molecule has 0 radical (unpaired) electrons. The van der Waals surface area contributed by atoms with Gasteiger partial charge in [-0.3, -0.25) is 9.79 Å². The maximum Gasteiger partial charge on any atom is 0.309 e. The van der Waals surface area contributed by atoms with Crippen molar-refractivity contribution in [2.45, 2.75) is 32.6 Å². The highest BCUT2D eigenvalue weighted by atomic mass is 16.5. The van der Waals surface area contributed by atoms with Crippen molar-refractivity contribution in [1.29, 1.82) is 0 Å². The van der Waals surface area contributed by atoms with Crippen LogP contribution in [0.25, 0.3) is 0 Å². The van der Waals surface area contributed by atoms with Gasteiger partial charge in [0.05, 0.1) is 19.1 Å². The average Bonchev–Trinajstić information content (AvgIpc) is 3.36. The lowest BCUT2D eigenvalue weighted by molar-refractivity contribution is -0.149. The quantitative estimate of drug-likeness (QED) is 0.332. The molecule has 0 aromatic carbocycles. The van der Waals surface area contributed by atoms with Crippen LogP contribution in [0.5, 0.6) is 0 Å². The van der Waals surface area contributed by atoms with Crippen LogP contribution < -0.4 is 5.32 Å². The summed E-state index contributed by atoms with van der Waals surface area (Å²) in [4.78, 5) is 18.3. The molecule has 0 atom stereocenters. The van der Waals surface area contributed by atoms with E-state index in [1.54, 1.807) is 7.05 Å². The summed E-state index contributed by atoms with van der Waals surface area (Å²) in [6.07, 6.45) is 4.31. The molecule has 1 heterocycles. The third-order valence-corrected chi connectivity index (χ3v) is 4.21. The predicted molar refractivity (Wildman–Crippen MR) is 85.8 cm³/mol. The van der Waals surface area contributed by atoms with E-state index in [0.717, 1.165) is 57.6 Å². The van der Waals surface area contributed by atoms with Gasteiger partial charge in [-0.1, -0.05) is 0 Å². The van der Waals surface area contributed by atoms with E-state index in [1.807, 2.05) is 6.92 Å². The molecule has 1 aliphatic heterocycles. The van der Waals surface area contributed by atoms with Crippen molar-refractivity contribution < 1.29 is 14.3 Å². The van der Waals surface area contributed by atoms with Crippen LogP contribution >= 0.6 is 0 Å². The number of guanidine groups is 1. The van der Waals surface area contributed by atoms with Gasteiger partial charge in [-0.25, -0.2) is 0 Å². The number of nitrogens with zero attached hydrogens (tertiary/aromatic N) is 2. The molecule has 0 aromatic rings. The van der Waals surface area contributed by atoms with Gasteiger partial charge in [-0.15, -0.1) is 0 Å². The van der Waals surface area contributed by atoms with Crippen LogP contribution in [-0.2, 0) is 14.3 Å². The maximum absolute atomic E-state index is 11.7. The summed E-state index contributed by atoms with van der Waals surface area (Å²) in [7, 11) is 1.80. The molecule has 0 bridgehead atoms. The van der Waals surface area contributed by atoms with Gasteiger partial charge in [0.15, 0.2) is 5.96 Å². The van der Waals surface area contributed by atoms with Crippen LogP contribution in [0.1, 0.15) is 32.6 Å². The Morgan fingerprint density at radius 1 is 1.27 bits per heavy atom. The van der Waals surface area contributed by atoms with Crippen molar-refractivity contribution in [1.82, 2.24) is 10.2 Å². The van der Waals surface area contributed by atoms with Crippen LogP contribution in [-0.4, -0.2) is 63.3 Å². The van der Waals surface area contributed by atoms with Crippen molar-refractivity contribution >= 4 is 11.9 Å². The van der Waals surface area contributed by atoms with E-state index in [1.165, 1.54) is 12.8 Å². The largest absolute Gasteiger partial charge is 0.466 e. The first-order valence-corrected chi connectivity index (χ1v) is 8.44. The minimum Gasteiger partial charge on any atom is -0.466 e. The fourth-order valence-electron chi connectivity index (χ4n) is 2.69. The number of carbonyl (C=O) groups excluding carboxylic acids is 1. The van der Waals surface area contributed by atoms with Crippen LogP contribution in [0.3, 0.4) is 0 Å². The lowest BCUT2D eigenvalue weighted by Gasteiger charge is -2.33. The minimum absolute atomic E-state index is 0.0381. The van der Waals surface area contributed by atoms with Gasteiger partial charge >= 0.3 is 5.97 Å². The number of piperidine rings is 1. The Labute approximate surface area is 133 Å². The smallest absolute Gasteiger partial charge is 0.309 e. The zero-order chi connectivity index (χ0) is 15.8. The Morgan fingerprint density at radius 2 is 2.00 bits per heavy atom. The Bertz CT molecular complexity index is 375. The molecular formula is C16H29N3O3. The van der Waals surface area contributed by atoms with Crippen LogP contribution in [0.4, 0.5) is 0 Å². The van der Waals surface area contributed by atoms with Crippen molar-refractivity contribution in [2.75, 3.05) is 46.5 Å². The van der Waals surface area contributed by atoms with Crippen molar-refractivity contribution in [3.8, 4) is 0 Å². The van der Waals surface area contributed by atoms with E-state index in [-0.39, 0.29) is 11.9 Å². The summed E-state index contributed by atoms with van der Waals surface area (Å²) in [5.41, 5.74) is 0. The number of hydrogen-bond acceptors (Lipinski definition) is 4. The van der Waals surface area contributed by atoms with E-state index in [2.05, 4.69) is 15.2 Å². The number of rotatable bonds is 7. The molecule has 0 aromatic heterocycles. The summed E-state index contributed by atoms with van der Waals surface area (Å²) >= 11 is 0. The van der Waals surface area contributed by atoms with Gasteiger partial charge in [0.1, 0.15) is 0 Å². The molecule has 2 rings (SSSR count). The molecule has 2 fully saturated rings. The highest BCUT2D eigenvalue weighted by Crippen LogP contribution is 2.28. The second-order valence-electron chi connectivity index (χ2n) is 6.01. The molecule has 126 valence electrons. The zero-order valence-electron chi connectivity index (χ0n) is 13.8. The standard InChI is InChI=1S/C16H29N3O3/c1-3-22-15(20)14-6-9-19(10-7-14)16(17-2)18-8-11-21-12-13-4-5-13/h13-14H,3-12H2,1-2H3,(H,17,18). The Morgan fingerprint density at radius 3 is 2.59 bits per heavy atom. The number of esters is 1. The third-order valence-electron chi connectivity index (χ3n) is 4.21. The number of nitrogens with one attached hydrogen (secondary N) is 1. The molecule has 1 saturated carbocycles. The van der Waals surface area contributed by atoms with E-state index < -0.39 is 0 Å². The van der Waals surface area contributed by atoms with Gasteiger partial charge in [-0.05, 0) is 38.5 Å². The van der Waals surface area contributed by atoms with Crippen LogP contribution in [0.15, 0.2) is 4.99 Å². The number of aliphatic imine (C=N–C) groups is 1. The molecular weight excluding hydrogens is 282 g/mol. The van der Waals surface area contributed by atoms with Gasteiger partial charge in [0.2, 0.25) is 0 Å². The maximum atomic E-state index is 11.7. The highest BCUT2D eigenvalue weighted by Gasteiger charge is 2.27. The highest BCUT2D eigenvalue weighted by molar-refractivity contribution is 5.80. The first-order valence-electron chi connectivity index (χ1n) is 8.44. The van der Waals surface area contributed by atoms with Crippen LogP contribution in [0.2, 0.25) is 0 Å². The van der Waals surface area contributed by atoms with Crippen molar-refractivity contribution in [3.63, 3.8) is 0 Å². The zero-order valence-corrected chi connectivity index (χ0v) is 13.8. The van der Waals surface area contributed by atoms with Gasteiger partial charge in [0, 0.05) is 33.3 Å². The summed E-state index contributed by atoms with van der Waals surface area (Å²) in [6, 6.07) is 0. The summed E-state index contributed by atoms with van der Waals surface area (Å²) in [6.45, 7) is 6.38. The molecule has 2 aliphatic rings. The first-order chi connectivity index (χ1) is 10.7. The molecule has 0 spiro atoms. The number of carbonyl (C=O) groups is 1. The molecule has 6 nitrogen and oxygen atoms in total. The number of hydrogen-bond donors (Lipinski definition) is 1. The fourth-order valence-corrected chi connectivity index (χ4v) is 2.69. The number of likely N-dealkylation sites (tertiary alicyclic amines) is 1. The average molecular weight is 311 g/mol. The molecule has 0 amide bonds. The number of ether oxygens (including phenoxy) is 2. The first kappa shape index (κ1) is 17.1. The fraction of sp³-hybridized carbons (Fsp3) is 0.875.